The predicted molar refractivity (Wildman–Crippen MR) is 111 cm³/mol. The number of hydrogen-bond donors (Lipinski definition) is 1. The molecule has 0 saturated carbocycles. The molecule has 2 heterocycles. The second-order valence-corrected chi connectivity index (χ2v) is 10.3. The molecule has 0 amide bonds. The van der Waals surface area contributed by atoms with Crippen molar-refractivity contribution in [1.29, 1.82) is 0 Å². The molecule has 154 valence electrons. The Bertz CT molecular complexity index is 926. The van der Waals surface area contributed by atoms with Crippen molar-refractivity contribution in [1.82, 2.24) is 13.9 Å². The number of rotatable bonds is 9. The molecule has 3 rings (SSSR count). The molecule has 1 aromatic heterocycles. The van der Waals surface area contributed by atoms with Crippen molar-refractivity contribution in [3.05, 3.63) is 24.3 Å². The summed E-state index contributed by atoms with van der Waals surface area (Å²) in [5.74, 6) is 0.282. The highest BCUT2D eigenvalue weighted by molar-refractivity contribution is 7.99. The van der Waals surface area contributed by atoms with Gasteiger partial charge in [0.05, 0.1) is 16.8 Å². The van der Waals surface area contributed by atoms with Crippen LogP contribution in [0.25, 0.3) is 11.0 Å². The van der Waals surface area contributed by atoms with E-state index in [0.717, 1.165) is 36.0 Å². The van der Waals surface area contributed by atoms with Crippen molar-refractivity contribution in [2.24, 2.45) is 5.92 Å². The fourth-order valence-electron chi connectivity index (χ4n) is 3.52. The normalized spacial score (nSPS) is 18.5. The van der Waals surface area contributed by atoms with Gasteiger partial charge in [-0.3, -0.25) is 4.79 Å². The van der Waals surface area contributed by atoms with E-state index in [4.69, 9.17) is 0 Å². The average molecular weight is 426 g/mol. The number of nitrogens with zero attached hydrogens (tertiary/aromatic N) is 3. The van der Waals surface area contributed by atoms with Crippen LogP contribution in [0.3, 0.4) is 0 Å². The Kier molecular flexibility index (Phi) is 7.00. The van der Waals surface area contributed by atoms with Gasteiger partial charge in [0.1, 0.15) is 6.54 Å². The summed E-state index contributed by atoms with van der Waals surface area (Å²) < 4.78 is 28.3. The van der Waals surface area contributed by atoms with E-state index in [0.29, 0.717) is 24.7 Å². The first-order chi connectivity index (χ1) is 13.4. The zero-order valence-corrected chi connectivity index (χ0v) is 17.7. The maximum atomic E-state index is 12.5. The fourth-order valence-corrected chi connectivity index (χ4v) is 6.41. The van der Waals surface area contributed by atoms with Gasteiger partial charge in [-0.2, -0.15) is 0 Å². The molecule has 1 aliphatic heterocycles. The van der Waals surface area contributed by atoms with Gasteiger partial charge in [0, 0.05) is 18.8 Å². The standard InChI is InChI=1S/C19H27N3O4S2/c1-2-3-11-28(25,26)21-10-6-7-15(12-21)14-27-19-20-16-8-4-5-9-17(16)22(19)13-18(23)24/h4-5,8-9,15H,2-3,6-7,10-14H2,1H3,(H,23,24). The SMILES string of the molecule is CCCCS(=O)(=O)N1CCCC(CSc2nc3ccccc3n2CC(=O)O)C1. The number of unbranched alkanes of at least 4 members (excludes halogenated alkanes) is 1. The third-order valence-electron chi connectivity index (χ3n) is 4.99. The van der Waals surface area contributed by atoms with Crippen molar-refractivity contribution >= 4 is 38.8 Å². The first-order valence-corrected chi connectivity index (χ1v) is 12.3. The number of para-hydroxylation sites is 2. The molecule has 7 nitrogen and oxygen atoms in total. The monoisotopic (exact) mass is 425 g/mol. The maximum Gasteiger partial charge on any atom is 0.323 e. The van der Waals surface area contributed by atoms with E-state index in [1.54, 1.807) is 8.87 Å². The van der Waals surface area contributed by atoms with Crippen LogP contribution in [0.1, 0.15) is 32.6 Å². The third kappa shape index (κ3) is 5.07. The lowest BCUT2D eigenvalue weighted by Crippen LogP contribution is -2.41. The molecular formula is C19H27N3O4S2. The molecule has 1 aromatic carbocycles. The number of thioether (sulfide) groups is 1. The van der Waals surface area contributed by atoms with Crippen LogP contribution in [0.4, 0.5) is 0 Å². The van der Waals surface area contributed by atoms with Crippen LogP contribution in [0.2, 0.25) is 0 Å². The minimum absolute atomic E-state index is 0.134. The highest BCUT2D eigenvalue weighted by Crippen LogP contribution is 2.29. The fraction of sp³-hybridized carbons (Fsp3) is 0.579. The Balaban J connectivity index is 1.69. The number of hydrogen-bond acceptors (Lipinski definition) is 5. The number of benzene rings is 1. The molecule has 1 N–H and O–H groups in total. The lowest BCUT2D eigenvalue weighted by molar-refractivity contribution is -0.137. The lowest BCUT2D eigenvalue weighted by atomic mass is 10.0. The minimum Gasteiger partial charge on any atom is -0.480 e. The van der Waals surface area contributed by atoms with Crippen LogP contribution in [0, 0.1) is 5.92 Å². The van der Waals surface area contributed by atoms with E-state index in [1.165, 1.54) is 11.8 Å². The number of aliphatic carboxylic acids is 1. The molecule has 1 aliphatic rings. The number of aromatic nitrogens is 2. The molecule has 1 atom stereocenters. The van der Waals surface area contributed by atoms with E-state index in [9.17, 15) is 18.3 Å². The van der Waals surface area contributed by atoms with E-state index in [2.05, 4.69) is 4.98 Å². The van der Waals surface area contributed by atoms with Gasteiger partial charge < -0.3 is 9.67 Å². The molecule has 0 radical (unpaired) electrons. The van der Waals surface area contributed by atoms with Gasteiger partial charge in [-0.1, -0.05) is 37.2 Å². The van der Waals surface area contributed by atoms with Gasteiger partial charge in [0.25, 0.3) is 0 Å². The van der Waals surface area contributed by atoms with Gasteiger partial charge in [-0.25, -0.2) is 17.7 Å². The summed E-state index contributed by atoms with van der Waals surface area (Å²) in [6.07, 6.45) is 3.40. The van der Waals surface area contributed by atoms with Gasteiger partial charge in [-0.15, -0.1) is 0 Å². The molecule has 9 heteroatoms. The maximum absolute atomic E-state index is 12.5. The average Bonchev–Trinajstić information content (AvgIpc) is 3.02. The lowest BCUT2D eigenvalue weighted by Gasteiger charge is -2.31. The summed E-state index contributed by atoms with van der Waals surface area (Å²) in [5, 5.41) is 9.93. The number of piperidine rings is 1. The summed E-state index contributed by atoms with van der Waals surface area (Å²) in [7, 11) is -3.18. The Morgan fingerprint density at radius 2 is 2.14 bits per heavy atom. The number of fused-ring (bicyclic) bond motifs is 1. The molecule has 0 bridgehead atoms. The first kappa shape index (κ1) is 21.1. The second-order valence-electron chi connectivity index (χ2n) is 7.21. The predicted octanol–water partition coefficient (Wildman–Crippen LogP) is 3.05. The Morgan fingerprint density at radius 1 is 1.36 bits per heavy atom. The van der Waals surface area contributed by atoms with E-state index < -0.39 is 16.0 Å². The number of carboxylic acids is 1. The zero-order valence-electron chi connectivity index (χ0n) is 16.1. The highest BCUT2D eigenvalue weighted by Gasteiger charge is 2.28. The van der Waals surface area contributed by atoms with Crippen LogP contribution in [0.15, 0.2) is 29.4 Å². The Hall–Kier alpha value is -1.58. The van der Waals surface area contributed by atoms with E-state index >= 15 is 0 Å². The van der Waals surface area contributed by atoms with Crippen LogP contribution in [-0.2, 0) is 21.4 Å². The molecule has 0 spiro atoms. The first-order valence-electron chi connectivity index (χ1n) is 9.68. The van der Waals surface area contributed by atoms with Crippen molar-refractivity contribution in [3.8, 4) is 0 Å². The number of sulfonamides is 1. The van der Waals surface area contributed by atoms with Gasteiger partial charge in [0.15, 0.2) is 5.16 Å². The number of imidazole rings is 1. The molecular weight excluding hydrogens is 398 g/mol. The number of carboxylic acid groups (broad SMARTS) is 1. The van der Waals surface area contributed by atoms with Gasteiger partial charge in [-0.05, 0) is 37.3 Å². The summed E-state index contributed by atoms with van der Waals surface area (Å²) in [5.41, 5.74) is 1.58. The van der Waals surface area contributed by atoms with Crippen molar-refractivity contribution < 1.29 is 18.3 Å². The quantitative estimate of drug-likeness (QED) is 0.621. The van der Waals surface area contributed by atoms with Crippen molar-refractivity contribution in [2.75, 3.05) is 24.6 Å². The van der Waals surface area contributed by atoms with Crippen molar-refractivity contribution in [2.45, 2.75) is 44.3 Å². The number of carbonyl (C=O) groups is 1. The molecule has 1 saturated heterocycles. The van der Waals surface area contributed by atoms with Crippen LogP contribution < -0.4 is 0 Å². The van der Waals surface area contributed by atoms with Crippen LogP contribution in [0.5, 0.6) is 0 Å². The highest BCUT2D eigenvalue weighted by atomic mass is 32.2. The largest absolute Gasteiger partial charge is 0.480 e. The molecule has 0 aliphatic carbocycles. The summed E-state index contributed by atoms with van der Waals surface area (Å²) >= 11 is 1.52. The molecule has 1 fully saturated rings. The summed E-state index contributed by atoms with van der Waals surface area (Å²) in [4.78, 5) is 15.9. The van der Waals surface area contributed by atoms with Crippen LogP contribution >= 0.6 is 11.8 Å². The zero-order chi connectivity index (χ0) is 20.1. The van der Waals surface area contributed by atoms with E-state index in [1.807, 2.05) is 31.2 Å². The molecule has 28 heavy (non-hydrogen) atoms. The molecule has 1 unspecified atom stereocenters. The minimum atomic E-state index is -3.18. The Morgan fingerprint density at radius 3 is 2.89 bits per heavy atom. The molecule has 2 aromatic rings. The topological polar surface area (TPSA) is 92.5 Å². The van der Waals surface area contributed by atoms with E-state index in [-0.39, 0.29) is 18.2 Å². The van der Waals surface area contributed by atoms with Gasteiger partial charge >= 0.3 is 5.97 Å². The Labute approximate surface area is 170 Å². The van der Waals surface area contributed by atoms with Crippen LogP contribution in [-0.4, -0.2) is 57.9 Å². The van der Waals surface area contributed by atoms with Gasteiger partial charge in [0.2, 0.25) is 10.0 Å². The second kappa shape index (κ2) is 9.28. The summed E-state index contributed by atoms with van der Waals surface area (Å²) in [6.45, 7) is 3.00. The third-order valence-corrected chi connectivity index (χ3v) is 8.12. The van der Waals surface area contributed by atoms with Crippen molar-refractivity contribution in [3.63, 3.8) is 0 Å². The summed E-state index contributed by atoms with van der Waals surface area (Å²) in [6, 6.07) is 7.50. The smallest absolute Gasteiger partial charge is 0.323 e.